The lowest BCUT2D eigenvalue weighted by atomic mass is 9.97. The maximum atomic E-state index is 12.2. The van der Waals surface area contributed by atoms with Gasteiger partial charge in [0, 0.05) is 43.1 Å². The lowest BCUT2D eigenvalue weighted by molar-refractivity contribution is 0.0781. The van der Waals surface area contributed by atoms with Crippen molar-refractivity contribution in [1.29, 1.82) is 0 Å². The molecule has 10 heteroatoms. The fourth-order valence-corrected chi connectivity index (χ4v) is 3.84. The zero-order chi connectivity index (χ0) is 27.3. The largest absolute Gasteiger partial charge is 0.420 e. The monoisotopic (exact) mass is 515 g/mol. The van der Waals surface area contributed by atoms with Crippen LogP contribution in [0.3, 0.4) is 0 Å². The van der Waals surface area contributed by atoms with Crippen LogP contribution < -0.4 is 11.1 Å². The van der Waals surface area contributed by atoms with Crippen LogP contribution in [0.4, 0.5) is 17.5 Å². The molecule has 0 unspecified atom stereocenters. The minimum absolute atomic E-state index is 0.0387. The van der Waals surface area contributed by atoms with E-state index in [0.717, 1.165) is 29.7 Å². The Hall–Kier alpha value is -4.31. The van der Waals surface area contributed by atoms with Crippen LogP contribution in [0.2, 0.25) is 0 Å². The van der Waals surface area contributed by atoms with Crippen molar-refractivity contribution in [3.05, 3.63) is 77.3 Å². The van der Waals surface area contributed by atoms with Gasteiger partial charge in [-0.15, -0.1) is 10.2 Å². The average molecular weight is 516 g/mol. The lowest BCUT2D eigenvalue weighted by Gasteiger charge is -2.25. The van der Waals surface area contributed by atoms with Gasteiger partial charge in [0.1, 0.15) is 5.82 Å². The number of carbonyl (C=O) groups excluding carboxylic acids is 1. The molecule has 0 atom stereocenters. The molecule has 0 fully saturated rings. The number of nitrogen functional groups attached to an aromatic ring is 1. The van der Waals surface area contributed by atoms with Crippen molar-refractivity contribution in [1.82, 2.24) is 25.1 Å². The first-order valence-corrected chi connectivity index (χ1v) is 12.4. The topological polar surface area (TPSA) is 143 Å². The van der Waals surface area contributed by atoms with E-state index < -0.39 is 0 Å². The number of likely N-dealkylation sites (N-methyl/N-ethyl adjacent to an activating group) is 1. The van der Waals surface area contributed by atoms with Crippen LogP contribution in [0.5, 0.6) is 0 Å². The standard InChI is InChI=1S/C20H23N7O2.C8H10O/c1-20(2,3)18-26-25-16(29-18)14-10-22-19(24-15(14)21)23-12-5-6-13-11(9-12)7-8-27(4)17(13)28;9-7-6-8-4-2-1-3-5-8/h5-6,9-10H,7-8H2,1-4H3,(H3,21,22,23,24);1-5,9H,6-7H2. The summed E-state index contributed by atoms with van der Waals surface area (Å²) in [5.41, 5.74) is 10.0. The molecule has 38 heavy (non-hydrogen) atoms. The zero-order valence-corrected chi connectivity index (χ0v) is 22.1. The summed E-state index contributed by atoms with van der Waals surface area (Å²) in [4.78, 5) is 22.6. The molecular formula is C28H33N7O3. The van der Waals surface area contributed by atoms with Crippen molar-refractivity contribution >= 4 is 23.4 Å². The van der Waals surface area contributed by atoms with E-state index in [1.165, 1.54) is 5.56 Å². The first kappa shape index (κ1) is 26.7. The van der Waals surface area contributed by atoms with E-state index in [1.54, 1.807) is 11.1 Å². The molecular weight excluding hydrogens is 482 g/mol. The molecule has 1 aliphatic rings. The van der Waals surface area contributed by atoms with Crippen molar-refractivity contribution < 1.29 is 14.3 Å². The molecule has 1 aliphatic heterocycles. The van der Waals surface area contributed by atoms with Gasteiger partial charge in [0.05, 0.1) is 5.56 Å². The predicted molar refractivity (Wildman–Crippen MR) is 146 cm³/mol. The number of fused-ring (bicyclic) bond motifs is 1. The van der Waals surface area contributed by atoms with E-state index in [4.69, 9.17) is 15.3 Å². The molecule has 4 N–H and O–H groups in total. The molecule has 1 amide bonds. The van der Waals surface area contributed by atoms with Crippen LogP contribution in [0.25, 0.3) is 11.5 Å². The number of carbonyl (C=O) groups is 1. The number of amides is 1. The van der Waals surface area contributed by atoms with Crippen molar-refractivity contribution in [3.63, 3.8) is 0 Å². The summed E-state index contributed by atoms with van der Waals surface area (Å²) in [6.07, 6.45) is 3.13. The van der Waals surface area contributed by atoms with Gasteiger partial charge in [-0.05, 0) is 42.2 Å². The molecule has 4 aromatic rings. The van der Waals surface area contributed by atoms with Crippen molar-refractivity contribution in [2.24, 2.45) is 0 Å². The van der Waals surface area contributed by atoms with Crippen LogP contribution in [-0.2, 0) is 18.3 Å². The summed E-state index contributed by atoms with van der Waals surface area (Å²) in [6.45, 7) is 6.90. The smallest absolute Gasteiger partial charge is 0.253 e. The highest BCUT2D eigenvalue weighted by molar-refractivity contribution is 5.97. The molecule has 10 nitrogen and oxygen atoms in total. The van der Waals surface area contributed by atoms with Gasteiger partial charge in [0.2, 0.25) is 11.8 Å². The number of rotatable bonds is 5. The van der Waals surface area contributed by atoms with Gasteiger partial charge < -0.3 is 25.5 Å². The molecule has 5 rings (SSSR count). The minimum atomic E-state index is -0.259. The van der Waals surface area contributed by atoms with Crippen LogP contribution in [0.1, 0.15) is 48.1 Å². The maximum Gasteiger partial charge on any atom is 0.253 e. The van der Waals surface area contributed by atoms with Gasteiger partial charge in [0.15, 0.2) is 0 Å². The number of anilines is 3. The third kappa shape index (κ3) is 6.33. The zero-order valence-electron chi connectivity index (χ0n) is 22.1. The van der Waals surface area contributed by atoms with E-state index in [9.17, 15) is 4.79 Å². The number of aliphatic hydroxyl groups is 1. The summed E-state index contributed by atoms with van der Waals surface area (Å²) in [5.74, 6) is 1.43. The molecule has 198 valence electrons. The first-order chi connectivity index (χ1) is 18.2. The number of hydrogen-bond acceptors (Lipinski definition) is 9. The van der Waals surface area contributed by atoms with Crippen molar-refractivity contribution in [3.8, 4) is 11.5 Å². The fraction of sp³-hybridized carbons (Fsp3) is 0.321. The van der Waals surface area contributed by atoms with Gasteiger partial charge in [-0.3, -0.25) is 4.79 Å². The number of aromatic nitrogens is 4. The molecule has 0 saturated carbocycles. The number of nitrogens with zero attached hydrogens (tertiary/aromatic N) is 5. The molecule has 0 aliphatic carbocycles. The fourth-order valence-electron chi connectivity index (χ4n) is 3.84. The number of nitrogens with one attached hydrogen (secondary N) is 1. The van der Waals surface area contributed by atoms with Crippen molar-refractivity contribution in [2.45, 2.75) is 39.0 Å². The second-order valence-corrected chi connectivity index (χ2v) is 10.1. The second kappa shape index (κ2) is 11.4. The van der Waals surface area contributed by atoms with Gasteiger partial charge in [-0.2, -0.15) is 4.98 Å². The highest BCUT2D eigenvalue weighted by Gasteiger charge is 2.24. The minimum Gasteiger partial charge on any atom is -0.420 e. The Morgan fingerprint density at radius 3 is 2.53 bits per heavy atom. The third-order valence-electron chi connectivity index (χ3n) is 6.01. The summed E-state index contributed by atoms with van der Waals surface area (Å²) < 4.78 is 5.72. The average Bonchev–Trinajstić information content (AvgIpc) is 3.39. The van der Waals surface area contributed by atoms with Crippen LogP contribution in [0.15, 0.2) is 59.1 Å². The quantitative estimate of drug-likeness (QED) is 0.359. The van der Waals surface area contributed by atoms with E-state index in [0.29, 0.717) is 23.9 Å². The van der Waals surface area contributed by atoms with Gasteiger partial charge >= 0.3 is 0 Å². The molecule has 2 aromatic carbocycles. The van der Waals surface area contributed by atoms with Crippen LogP contribution in [0, 0.1) is 0 Å². The number of aliphatic hydroxyl groups excluding tert-OH is 1. The summed E-state index contributed by atoms with van der Waals surface area (Å²) in [6, 6.07) is 15.5. The number of benzene rings is 2. The third-order valence-corrected chi connectivity index (χ3v) is 6.01. The SMILES string of the molecule is CN1CCc2cc(Nc3ncc(-c4nnc(C(C)(C)C)o4)c(N)n3)ccc2C1=O.OCCc1ccccc1. The maximum absolute atomic E-state index is 12.2. The first-order valence-electron chi connectivity index (χ1n) is 12.4. The van der Waals surface area contributed by atoms with Gasteiger partial charge in [0.25, 0.3) is 11.8 Å². The van der Waals surface area contributed by atoms with Crippen LogP contribution in [-0.4, -0.2) is 56.3 Å². The Bertz CT molecular complexity index is 1400. The molecule has 2 aromatic heterocycles. The summed E-state index contributed by atoms with van der Waals surface area (Å²) >= 11 is 0. The number of nitrogens with two attached hydrogens (primary N) is 1. The summed E-state index contributed by atoms with van der Waals surface area (Å²) in [5, 5.41) is 19.8. The lowest BCUT2D eigenvalue weighted by Crippen LogP contribution is -2.34. The molecule has 0 saturated heterocycles. The van der Waals surface area contributed by atoms with Crippen molar-refractivity contribution in [2.75, 3.05) is 31.2 Å². The Morgan fingerprint density at radius 2 is 1.87 bits per heavy atom. The Kier molecular flexibility index (Phi) is 8.02. The normalized spacial score (nSPS) is 13.0. The molecule has 0 radical (unpaired) electrons. The van der Waals surface area contributed by atoms with Gasteiger partial charge in [-0.25, -0.2) is 4.98 Å². The highest BCUT2D eigenvalue weighted by atomic mass is 16.4. The molecule has 0 bridgehead atoms. The second-order valence-electron chi connectivity index (χ2n) is 10.1. The van der Waals surface area contributed by atoms with E-state index in [2.05, 4.69) is 25.5 Å². The Balaban J connectivity index is 0.000000317. The summed E-state index contributed by atoms with van der Waals surface area (Å²) in [7, 11) is 1.81. The molecule has 3 heterocycles. The van der Waals surface area contributed by atoms with E-state index in [1.807, 2.05) is 76.3 Å². The Morgan fingerprint density at radius 1 is 1.11 bits per heavy atom. The van der Waals surface area contributed by atoms with E-state index in [-0.39, 0.29) is 29.6 Å². The predicted octanol–water partition coefficient (Wildman–Crippen LogP) is 4.00. The van der Waals surface area contributed by atoms with Crippen LogP contribution >= 0.6 is 0 Å². The highest BCUT2D eigenvalue weighted by Crippen LogP contribution is 2.29. The number of hydrogen-bond donors (Lipinski definition) is 3. The van der Waals surface area contributed by atoms with E-state index >= 15 is 0 Å². The van der Waals surface area contributed by atoms with Gasteiger partial charge in [-0.1, -0.05) is 51.1 Å². The molecule has 0 spiro atoms. The Labute approximate surface area is 221 Å².